The third-order valence-electron chi connectivity index (χ3n) is 4.86. The van der Waals surface area contributed by atoms with Crippen LogP contribution in [-0.2, 0) is 20.0 Å². The first kappa shape index (κ1) is 25.5. The molecule has 34 heavy (non-hydrogen) atoms. The van der Waals surface area contributed by atoms with E-state index in [-0.39, 0.29) is 27.8 Å². The van der Waals surface area contributed by atoms with Crippen molar-refractivity contribution < 1.29 is 16.8 Å². The molecule has 0 amide bonds. The SMILES string of the molecule is CC(C)N=C1Nc2sc(Cl)cc2S(=O)(=O)N1.O=S1(=O)NC(=NC2CCCC2)Nc2sc(Cl)cc21. The van der Waals surface area contributed by atoms with Crippen molar-refractivity contribution in [1.82, 2.24) is 9.44 Å². The molecule has 3 aliphatic rings. The molecule has 1 saturated carbocycles. The largest absolute Gasteiger partial charge is 0.316 e. The first-order valence-electron chi connectivity index (χ1n) is 10.3. The lowest BCUT2D eigenvalue weighted by Crippen LogP contribution is -2.40. The fraction of sp³-hybridized carbons (Fsp3) is 0.444. The van der Waals surface area contributed by atoms with Gasteiger partial charge in [0.2, 0.25) is 11.9 Å². The van der Waals surface area contributed by atoms with Crippen LogP contribution in [0.2, 0.25) is 8.67 Å². The van der Waals surface area contributed by atoms with E-state index in [0.29, 0.717) is 24.6 Å². The molecule has 1 aliphatic carbocycles. The molecule has 186 valence electrons. The number of rotatable bonds is 2. The lowest BCUT2D eigenvalue weighted by Gasteiger charge is -2.19. The number of anilines is 2. The van der Waals surface area contributed by atoms with Gasteiger partial charge in [0, 0.05) is 6.04 Å². The number of aliphatic imine (C=N–C) groups is 2. The van der Waals surface area contributed by atoms with E-state index in [1.54, 1.807) is 0 Å². The third kappa shape index (κ3) is 5.79. The zero-order valence-corrected chi connectivity index (χ0v) is 22.8. The fourth-order valence-corrected chi connectivity index (χ4v) is 8.79. The zero-order valence-electron chi connectivity index (χ0n) is 18.1. The molecule has 2 aromatic rings. The van der Waals surface area contributed by atoms with Crippen LogP contribution < -0.4 is 20.1 Å². The molecule has 0 radical (unpaired) electrons. The van der Waals surface area contributed by atoms with Crippen LogP contribution in [-0.4, -0.2) is 40.8 Å². The average molecular weight is 586 g/mol. The first-order chi connectivity index (χ1) is 15.9. The average Bonchev–Trinajstić information content (AvgIpc) is 3.41. The molecule has 0 saturated heterocycles. The predicted molar refractivity (Wildman–Crippen MR) is 139 cm³/mol. The van der Waals surface area contributed by atoms with E-state index in [1.165, 1.54) is 34.8 Å². The number of nitrogens with zero attached hydrogens (tertiary/aromatic N) is 2. The second kappa shape index (κ2) is 9.82. The van der Waals surface area contributed by atoms with Gasteiger partial charge in [0.25, 0.3) is 20.0 Å². The van der Waals surface area contributed by atoms with Crippen molar-refractivity contribution in [3.8, 4) is 0 Å². The highest BCUT2D eigenvalue weighted by Gasteiger charge is 2.30. The number of sulfonamides is 2. The number of hydrogen-bond acceptors (Lipinski definition) is 8. The Hall–Kier alpha value is -1.58. The zero-order chi connectivity index (χ0) is 24.7. The summed E-state index contributed by atoms with van der Waals surface area (Å²) in [6, 6.07) is 3.08. The van der Waals surface area contributed by atoms with E-state index in [9.17, 15) is 16.8 Å². The lowest BCUT2D eigenvalue weighted by molar-refractivity contribution is 0.589. The van der Waals surface area contributed by atoms with E-state index >= 15 is 0 Å². The summed E-state index contributed by atoms with van der Waals surface area (Å²) in [7, 11) is -7.06. The Balaban J connectivity index is 0.000000162. The van der Waals surface area contributed by atoms with E-state index in [0.717, 1.165) is 25.7 Å². The van der Waals surface area contributed by atoms with Gasteiger partial charge in [-0.3, -0.25) is 0 Å². The van der Waals surface area contributed by atoms with Crippen molar-refractivity contribution >= 4 is 87.8 Å². The Bertz CT molecular complexity index is 1360. The normalized spacial score (nSPS) is 22.6. The monoisotopic (exact) mass is 584 g/mol. The molecular weight excluding hydrogens is 563 g/mol. The molecule has 10 nitrogen and oxygen atoms in total. The van der Waals surface area contributed by atoms with Crippen LogP contribution >= 0.6 is 45.9 Å². The van der Waals surface area contributed by atoms with Crippen LogP contribution in [0.25, 0.3) is 0 Å². The summed E-state index contributed by atoms with van der Waals surface area (Å²) < 4.78 is 53.2. The van der Waals surface area contributed by atoms with E-state index in [2.05, 4.69) is 30.1 Å². The number of thiophene rings is 2. The summed E-state index contributed by atoms with van der Waals surface area (Å²) in [6.07, 6.45) is 4.35. The Kier molecular flexibility index (Phi) is 7.37. The Labute approximate surface area is 216 Å². The van der Waals surface area contributed by atoms with E-state index in [1.807, 2.05) is 13.8 Å². The number of hydrogen-bond donors (Lipinski definition) is 4. The van der Waals surface area contributed by atoms with Gasteiger partial charge in [0.15, 0.2) is 0 Å². The molecule has 0 unspecified atom stereocenters. The summed E-state index contributed by atoms with van der Waals surface area (Å²) in [5.41, 5.74) is 0. The van der Waals surface area contributed by atoms with E-state index < -0.39 is 20.0 Å². The van der Waals surface area contributed by atoms with Crippen LogP contribution in [0.1, 0.15) is 39.5 Å². The maximum absolute atomic E-state index is 12.0. The second-order valence-electron chi connectivity index (χ2n) is 7.94. The number of fused-ring (bicyclic) bond motifs is 2. The van der Waals surface area contributed by atoms with Gasteiger partial charge in [-0.15, -0.1) is 22.7 Å². The maximum Gasteiger partial charge on any atom is 0.267 e. The van der Waals surface area contributed by atoms with Crippen molar-refractivity contribution in [3.05, 3.63) is 20.8 Å². The highest BCUT2D eigenvalue weighted by atomic mass is 35.5. The molecule has 0 atom stereocenters. The van der Waals surface area contributed by atoms with Crippen LogP contribution in [0, 0.1) is 0 Å². The molecule has 5 rings (SSSR count). The lowest BCUT2D eigenvalue weighted by atomic mass is 10.3. The number of guanidine groups is 2. The van der Waals surface area contributed by atoms with Gasteiger partial charge < -0.3 is 10.6 Å². The minimum atomic E-state index is -3.53. The van der Waals surface area contributed by atoms with Crippen molar-refractivity contribution in [3.63, 3.8) is 0 Å². The van der Waals surface area contributed by atoms with Crippen molar-refractivity contribution in [2.75, 3.05) is 10.6 Å². The summed E-state index contributed by atoms with van der Waals surface area (Å²) in [5, 5.41) is 6.93. The molecule has 0 spiro atoms. The van der Waals surface area contributed by atoms with Crippen LogP contribution in [0.3, 0.4) is 0 Å². The molecule has 0 aromatic carbocycles. The predicted octanol–water partition coefficient (Wildman–Crippen LogP) is 4.27. The Morgan fingerprint density at radius 3 is 1.85 bits per heavy atom. The van der Waals surface area contributed by atoms with E-state index in [4.69, 9.17) is 23.2 Å². The standard InChI is InChI=1S/C10H12ClN3O2S2.C8H10ClN3O2S2/c11-8-5-7-9(17-8)13-10(14-18(7,15)16)12-6-3-1-2-4-6;1-4(2)10-8-11-7-5(3-6(9)15-7)16(13,14)12-8/h5-6H,1-4H2,(H2,12,13,14);3-4H,1-2H3,(H2,10,11,12). The quantitative estimate of drug-likeness (QED) is 0.415. The molecule has 0 bridgehead atoms. The molecule has 1 fully saturated rings. The minimum absolute atomic E-state index is 0.00202. The van der Waals surface area contributed by atoms with Gasteiger partial charge in [-0.1, -0.05) is 36.0 Å². The maximum atomic E-state index is 12.0. The third-order valence-corrected chi connectivity index (χ3v) is 10.2. The Morgan fingerprint density at radius 1 is 0.882 bits per heavy atom. The van der Waals surface area contributed by atoms with Crippen LogP contribution in [0.5, 0.6) is 0 Å². The molecule has 16 heteroatoms. The van der Waals surface area contributed by atoms with Gasteiger partial charge in [-0.05, 0) is 38.8 Å². The van der Waals surface area contributed by atoms with Crippen molar-refractivity contribution in [2.24, 2.45) is 9.98 Å². The van der Waals surface area contributed by atoms with Gasteiger partial charge in [-0.2, -0.15) is 0 Å². The summed E-state index contributed by atoms with van der Waals surface area (Å²) in [6.45, 7) is 3.72. The summed E-state index contributed by atoms with van der Waals surface area (Å²) in [4.78, 5) is 8.91. The molecule has 4 N–H and O–H groups in total. The van der Waals surface area contributed by atoms with Crippen molar-refractivity contribution in [2.45, 2.75) is 61.4 Å². The first-order valence-corrected chi connectivity index (χ1v) is 15.6. The van der Waals surface area contributed by atoms with Gasteiger partial charge in [-0.25, -0.2) is 36.3 Å². The van der Waals surface area contributed by atoms with Gasteiger partial charge in [0.05, 0.1) is 14.7 Å². The highest BCUT2D eigenvalue weighted by Crippen LogP contribution is 2.37. The second-order valence-corrected chi connectivity index (χ2v) is 14.6. The van der Waals surface area contributed by atoms with Gasteiger partial charge >= 0.3 is 0 Å². The fourth-order valence-electron chi connectivity index (χ4n) is 3.49. The summed E-state index contributed by atoms with van der Waals surface area (Å²) in [5.74, 6) is 0.550. The molecule has 2 aliphatic heterocycles. The number of nitrogens with one attached hydrogen (secondary N) is 4. The minimum Gasteiger partial charge on any atom is -0.316 e. The smallest absolute Gasteiger partial charge is 0.267 e. The van der Waals surface area contributed by atoms with Gasteiger partial charge in [0.1, 0.15) is 19.8 Å². The molecule has 2 aromatic heterocycles. The highest BCUT2D eigenvalue weighted by molar-refractivity contribution is 7.91. The van der Waals surface area contributed by atoms with Crippen LogP contribution in [0.15, 0.2) is 31.9 Å². The summed E-state index contributed by atoms with van der Waals surface area (Å²) >= 11 is 14.0. The number of halogens is 2. The van der Waals surface area contributed by atoms with Crippen LogP contribution in [0.4, 0.5) is 10.0 Å². The Morgan fingerprint density at radius 2 is 1.35 bits per heavy atom. The topological polar surface area (TPSA) is 141 Å². The molecule has 4 heterocycles. The van der Waals surface area contributed by atoms with Crippen molar-refractivity contribution in [1.29, 1.82) is 0 Å². The molecular formula is C18H22Cl2N6O4S4.